The van der Waals surface area contributed by atoms with Gasteiger partial charge < -0.3 is 5.11 Å². The standard InChI is InChI=1S/C10H9BrO2/c1-7-6-8(2-4-9(7)11)3-5-10(12)13/h2-6H,1H3,(H,12,13). The molecular weight excluding hydrogens is 232 g/mol. The fourth-order valence-electron chi connectivity index (χ4n) is 0.939. The van der Waals surface area contributed by atoms with Crippen LogP contribution in [0.2, 0.25) is 0 Å². The van der Waals surface area contributed by atoms with Gasteiger partial charge in [0, 0.05) is 10.5 Å². The van der Waals surface area contributed by atoms with Crippen LogP contribution in [0.15, 0.2) is 28.7 Å². The molecule has 0 aromatic heterocycles. The van der Waals surface area contributed by atoms with Crippen molar-refractivity contribution in [1.29, 1.82) is 0 Å². The van der Waals surface area contributed by atoms with Crippen LogP contribution < -0.4 is 0 Å². The maximum Gasteiger partial charge on any atom is 0.328 e. The molecular formula is C10H9BrO2. The molecule has 1 aromatic carbocycles. The molecule has 0 heterocycles. The van der Waals surface area contributed by atoms with Crippen molar-refractivity contribution in [3.63, 3.8) is 0 Å². The number of halogens is 1. The number of carboxylic acid groups (broad SMARTS) is 1. The minimum atomic E-state index is -0.930. The quantitative estimate of drug-likeness (QED) is 0.808. The molecule has 0 radical (unpaired) electrons. The lowest BCUT2D eigenvalue weighted by molar-refractivity contribution is -0.131. The van der Waals surface area contributed by atoms with E-state index in [9.17, 15) is 4.79 Å². The summed E-state index contributed by atoms with van der Waals surface area (Å²) in [6.45, 7) is 1.96. The zero-order chi connectivity index (χ0) is 9.84. The molecule has 68 valence electrons. The van der Waals surface area contributed by atoms with Crippen LogP contribution in [0.5, 0.6) is 0 Å². The largest absolute Gasteiger partial charge is 0.478 e. The molecule has 0 aliphatic rings. The van der Waals surface area contributed by atoms with Crippen molar-refractivity contribution >= 4 is 28.0 Å². The molecule has 0 unspecified atom stereocenters. The monoisotopic (exact) mass is 240 g/mol. The fourth-order valence-corrected chi connectivity index (χ4v) is 1.19. The summed E-state index contributed by atoms with van der Waals surface area (Å²) in [4.78, 5) is 10.2. The van der Waals surface area contributed by atoms with Crippen molar-refractivity contribution in [2.24, 2.45) is 0 Å². The highest BCUT2D eigenvalue weighted by atomic mass is 79.9. The van der Waals surface area contributed by atoms with E-state index in [0.717, 1.165) is 21.7 Å². The van der Waals surface area contributed by atoms with Gasteiger partial charge in [-0.2, -0.15) is 0 Å². The predicted octanol–water partition coefficient (Wildman–Crippen LogP) is 2.86. The van der Waals surface area contributed by atoms with E-state index in [1.54, 1.807) is 6.08 Å². The molecule has 13 heavy (non-hydrogen) atoms. The molecule has 0 fully saturated rings. The van der Waals surface area contributed by atoms with Gasteiger partial charge in [-0.3, -0.25) is 0 Å². The molecule has 1 aromatic rings. The summed E-state index contributed by atoms with van der Waals surface area (Å²) in [5.41, 5.74) is 1.98. The van der Waals surface area contributed by atoms with E-state index in [1.807, 2.05) is 25.1 Å². The van der Waals surface area contributed by atoms with Gasteiger partial charge in [-0.15, -0.1) is 0 Å². The third-order valence-corrected chi connectivity index (χ3v) is 2.49. The van der Waals surface area contributed by atoms with Gasteiger partial charge in [0.15, 0.2) is 0 Å². The van der Waals surface area contributed by atoms with Crippen LogP contribution in [0.4, 0.5) is 0 Å². The first-order chi connectivity index (χ1) is 6.09. The first-order valence-electron chi connectivity index (χ1n) is 3.77. The summed E-state index contributed by atoms with van der Waals surface area (Å²) in [6, 6.07) is 5.68. The van der Waals surface area contributed by atoms with E-state index >= 15 is 0 Å². The number of aryl methyl sites for hydroxylation is 1. The fraction of sp³-hybridized carbons (Fsp3) is 0.100. The van der Waals surface area contributed by atoms with Gasteiger partial charge in [-0.05, 0) is 30.2 Å². The Hall–Kier alpha value is -1.09. The highest BCUT2D eigenvalue weighted by molar-refractivity contribution is 9.10. The molecule has 0 spiro atoms. The molecule has 2 nitrogen and oxygen atoms in total. The van der Waals surface area contributed by atoms with Gasteiger partial charge in [0.2, 0.25) is 0 Å². The summed E-state index contributed by atoms with van der Waals surface area (Å²) >= 11 is 3.37. The summed E-state index contributed by atoms with van der Waals surface area (Å²) in [5.74, 6) is -0.930. The Bertz CT molecular complexity index is 356. The lowest BCUT2D eigenvalue weighted by Crippen LogP contribution is -1.86. The summed E-state index contributed by atoms with van der Waals surface area (Å²) in [7, 11) is 0. The van der Waals surface area contributed by atoms with E-state index in [4.69, 9.17) is 5.11 Å². The number of rotatable bonds is 2. The molecule has 0 atom stereocenters. The van der Waals surface area contributed by atoms with E-state index in [-0.39, 0.29) is 0 Å². The predicted molar refractivity (Wildman–Crippen MR) is 55.5 cm³/mol. The molecule has 1 rings (SSSR count). The zero-order valence-corrected chi connectivity index (χ0v) is 8.71. The molecule has 0 saturated heterocycles. The van der Waals surface area contributed by atoms with Crippen molar-refractivity contribution in [3.8, 4) is 0 Å². The number of hydrogen-bond acceptors (Lipinski definition) is 1. The van der Waals surface area contributed by atoms with Crippen LogP contribution >= 0.6 is 15.9 Å². The van der Waals surface area contributed by atoms with Gasteiger partial charge >= 0.3 is 5.97 Å². The summed E-state index contributed by atoms with van der Waals surface area (Å²) in [5, 5.41) is 8.40. The van der Waals surface area contributed by atoms with Gasteiger partial charge in [-0.1, -0.05) is 28.1 Å². The Morgan fingerprint density at radius 2 is 2.23 bits per heavy atom. The summed E-state index contributed by atoms with van der Waals surface area (Å²) < 4.78 is 1.03. The lowest BCUT2D eigenvalue weighted by atomic mass is 10.1. The molecule has 1 N–H and O–H groups in total. The number of aliphatic carboxylic acids is 1. The second-order valence-corrected chi connectivity index (χ2v) is 3.53. The van der Waals surface area contributed by atoms with Crippen LogP contribution in [0.1, 0.15) is 11.1 Å². The van der Waals surface area contributed by atoms with Crippen molar-refractivity contribution in [2.45, 2.75) is 6.92 Å². The van der Waals surface area contributed by atoms with Crippen molar-refractivity contribution in [3.05, 3.63) is 39.9 Å². The van der Waals surface area contributed by atoms with Gasteiger partial charge in [0.05, 0.1) is 0 Å². The smallest absolute Gasteiger partial charge is 0.328 e. The van der Waals surface area contributed by atoms with Crippen molar-refractivity contribution < 1.29 is 9.90 Å². The zero-order valence-electron chi connectivity index (χ0n) is 7.12. The first kappa shape index (κ1) is 9.99. The lowest BCUT2D eigenvalue weighted by Gasteiger charge is -1.98. The van der Waals surface area contributed by atoms with E-state index in [1.165, 1.54) is 0 Å². The highest BCUT2D eigenvalue weighted by Crippen LogP contribution is 2.17. The highest BCUT2D eigenvalue weighted by Gasteiger charge is 1.94. The van der Waals surface area contributed by atoms with Crippen molar-refractivity contribution in [2.75, 3.05) is 0 Å². The third kappa shape index (κ3) is 3.03. The van der Waals surface area contributed by atoms with Gasteiger partial charge in [0.25, 0.3) is 0 Å². The van der Waals surface area contributed by atoms with E-state index < -0.39 is 5.97 Å². The van der Waals surface area contributed by atoms with Crippen LogP contribution in [-0.2, 0) is 4.79 Å². The molecule has 0 aliphatic heterocycles. The topological polar surface area (TPSA) is 37.3 Å². The number of carboxylic acids is 1. The maximum atomic E-state index is 10.2. The summed E-state index contributed by atoms with van der Waals surface area (Å²) in [6.07, 6.45) is 2.70. The van der Waals surface area contributed by atoms with Crippen LogP contribution in [0.3, 0.4) is 0 Å². The Labute approximate surface area is 85.0 Å². The minimum Gasteiger partial charge on any atom is -0.478 e. The second-order valence-electron chi connectivity index (χ2n) is 2.68. The van der Waals surface area contributed by atoms with Crippen LogP contribution in [-0.4, -0.2) is 11.1 Å². The first-order valence-corrected chi connectivity index (χ1v) is 4.56. The average Bonchev–Trinajstić information content (AvgIpc) is 2.07. The number of benzene rings is 1. The van der Waals surface area contributed by atoms with Crippen LogP contribution in [0, 0.1) is 6.92 Å². The Morgan fingerprint density at radius 1 is 1.54 bits per heavy atom. The molecule has 0 aliphatic carbocycles. The molecule has 0 bridgehead atoms. The maximum absolute atomic E-state index is 10.2. The Morgan fingerprint density at radius 3 is 2.77 bits per heavy atom. The average molecular weight is 241 g/mol. The van der Waals surface area contributed by atoms with E-state index in [0.29, 0.717) is 0 Å². The molecule has 3 heteroatoms. The number of carbonyl (C=O) groups is 1. The molecule has 0 saturated carbocycles. The second kappa shape index (κ2) is 4.23. The van der Waals surface area contributed by atoms with Gasteiger partial charge in [0.1, 0.15) is 0 Å². The Balaban J connectivity index is 2.92. The minimum absolute atomic E-state index is 0.892. The SMILES string of the molecule is Cc1cc(C=CC(=O)O)ccc1Br. The van der Waals surface area contributed by atoms with E-state index in [2.05, 4.69) is 15.9 Å². The van der Waals surface area contributed by atoms with Crippen molar-refractivity contribution in [1.82, 2.24) is 0 Å². The third-order valence-electron chi connectivity index (χ3n) is 1.60. The molecule has 0 amide bonds. The van der Waals surface area contributed by atoms with Gasteiger partial charge in [-0.25, -0.2) is 4.79 Å². The van der Waals surface area contributed by atoms with Crippen LogP contribution in [0.25, 0.3) is 6.08 Å². The number of hydrogen-bond donors (Lipinski definition) is 1. The normalized spacial score (nSPS) is 10.6. The Kier molecular flexibility index (Phi) is 3.25.